The van der Waals surface area contributed by atoms with E-state index < -0.39 is 0 Å². The molecule has 6 nitrogen and oxygen atoms in total. The molecule has 2 saturated heterocycles. The van der Waals surface area contributed by atoms with Gasteiger partial charge in [0.15, 0.2) is 0 Å². The maximum atomic E-state index is 12.3. The quantitative estimate of drug-likeness (QED) is 0.802. The number of ether oxygens (including phenoxy) is 1. The zero-order valence-electron chi connectivity index (χ0n) is 11.5. The lowest BCUT2D eigenvalue weighted by atomic mass is 10.0. The average molecular weight is 276 g/mol. The lowest BCUT2D eigenvalue weighted by molar-refractivity contribution is 0.0940. The Morgan fingerprint density at radius 1 is 1.45 bits per heavy atom. The van der Waals surface area contributed by atoms with E-state index in [1.807, 2.05) is 12.1 Å². The number of pyridine rings is 1. The highest BCUT2D eigenvalue weighted by molar-refractivity contribution is 5.98. The van der Waals surface area contributed by atoms with Gasteiger partial charge in [-0.1, -0.05) is 0 Å². The minimum Gasteiger partial charge on any atom is -0.378 e. The lowest BCUT2D eigenvalue weighted by Gasteiger charge is -2.30. The Bertz CT molecular complexity index is 470. The second-order valence-corrected chi connectivity index (χ2v) is 5.21. The number of morpholine rings is 1. The number of nitrogens with one attached hydrogen (secondary N) is 2. The van der Waals surface area contributed by atoms with Gasteiger partial charge in [0, 0.05) is 44.8 Å². The minimum atomic E-state index is -0.0357. The van der Waals surface area contributed by atoms with E-state index >= 15 is 0 Å². The Morgan fingerprint density at radius 2 is 2.25 bits per heavy atom. The van der Waals surface area contributed by atoms with Crippen molar-refractivity contribution in [2.75, 3.05) is 50.8 Å². The molecule has 1 aromatic heterocycles. The summed E-state index contributed by atoms with van der Waals surface area (Å²) in [5.74, 6) is 1.29. The smallest absolute Gasteiger partial charge is 0.255 e. The normalized spacial score (nSPS) is 19.5. The van der Waals surface area contributed by atoms with Gasteiger partial charge in [-0.15, -0.1) is 0 Å². The van der Waals surface area contributed by atoms with Crippen molar-refractivity contribution in [2.45, 2.75) is 0 Å². The number of amides is 1. The molecule has 0 bridgehead atoms. The van der Waals surface area contributed by atoms with Gasteiger partial charge in [-0.2, -0.15) is 0 Å². The van der Waals surface area contributed by atoms with Crippen LogP contribution in [-0.4, -0.2) is 56.8 Å². The fourth-order valence-corrected chi connectivity index (χ4v) is 2.43. The molecule has 0 radical (unpaired) electrons. The predicted octanol–water partition coefficient (Wildman–Crippen LogP) is -0.133. The van der Waals surface area contributed by atoms with E-state index in [0.29, 0.717) is 24.7 Å². The summed E-state index contributed by atoms with van der Waals surface area (Å²) in [7, 11) is 0. The van der Waals surface area contributed by atoms with Crippen molar-refractivity contribution in [2.24, 2.45) is 5.92 Å². The number of rotatable bonds is 4. The van der Waals surface area contributed by atoms with Crippen LogP contribution < -0.4 is 15.5 Å². The summed E-state index contributed by atoms with van der Waals surface area (Å²) < 4.78 is 5.35. The van der Waals surface area contributed by atoms with Gasteiger partial charge in [-0.05, 0) is 12.1 Å². The summed E-state index contributed by atoms with van der Waals surface area (Å²) in [5, 5.41) is 6.21. The van der Waals surface area contributed by atoms with Gasteiger partial charge in [0.2, 0.25) is 0 Å². The van der Waals surface area contributed by atoms with Crippen LogP contribution >= 0.6 is 0 Å². The fourth-order valence-electron chi connectivity index (χ4n) is 2.43. The third-order valence-corrected chi connectivity index (χ3v) is 3.76. The number of aromatic nitrogens is 1. The molecule has 0 saturated carbocycles. The molecule has 2 aliphatic rings. The molecule has 0 aromatic carbocycles. The Hall–Kier alpha value is -1.66. The van der Waals surface area contributed by atoms with Crippen LogP contribution in [0.25, 0.3) is 0 Å². The van der Waals surface area contributed by atoms with Crippen LogP contribution in [0.3, 0.4) is 0 Å². The molecule has 108 valence electrons. The standard InChI is InChI=1S/C14H20N4O2/c19-14(17-10-11-8-15-9-11)12-2-1-3-16-13(12)18-4-6-20-7-5-18/h1-3,11,15H,4-10H2,(H,17,19). The summed E-state index contributed by atoms with van der Waals surface area (Å²) in [6, 6.07) is 3.65. The molecule has 6 heteroatoms. The van der Waals surface area contributed by atoms with Crippen LogP contribution in [0.1, 0.15) is 10.4 Å². The third-order valence-electron chi connectivity index (χ3n) is 3.76. The molecule has 0 aliphatic carbocycles. The van der Waals surface area contributed by atoms with Crippen molar-refractivity contribution in [3.63, 3.8) is 0 Å². The highest BCUT2D eigenvalue weighted by Crippen LogP contribution is 2.18. The zero-order chi connectivity index (χ0) is 13.8. The Labute approximate surface area is 118 Å². The molecule has 3 rings (SSSR count). The molecule has 3 heterocycles. The van der Waals surface area contributed by atoms with E-state index in [2.05, 4.69) is 20.5 Å². The predicted molar refractivity (Wildman–Crippen MR) is 76.0 cm³/mol. The fraction of sp³-hybridized carbons (Fsp3) is 0.571. The second kappa shape index (κ2) is 6.19. The highest BCUT2D eigenvalue weighted by atomic mass is 16.5. The van der Waals surface area contributed by atoms with Crippen LogP contribution in [0.15, 0.2) is 18.3 Å². The van der Waals surface area contributed by atoms with Gasteiger partial charge in [0.1, 0.15) is 5.82 Å². The van der Waals surface area contributed by atoms with Gasteiger partial charge < -0.3 is 20.3 Å². The van der Waals surface area contributed by atoms with E-state index in [0.717, 1.165) is 38.5 Å². The van der Waals surface area contributed by atoms with E-state index in [4.69, 9.17) is 4.74 Å². The molecule has 0 unspecified atom stereocenters. The van der Waals surface area contributed by atoms with Crippen molar-refractivity contribution >= 4 is 11.7 Å². The topological polar surface area (TPSA) is 66.5 Å². The van der Waals surface area contributed by atoms with Gasteiger partial charge in [-0.25, -0.2) is 4.98 Å². The number of carbonyl (C=O) groups is 1. The summed E-state index contributed by atoms with van der Waals surface area (Å²) in [6.45, 7) is 5.64. The molecule has 2 N–H and O–H groups in total. The van der Waals surface area contributed by atoms with Crippen LogP contribution in [0.2, 0.25) is 0 Å². The molecule has 0 atom stereocenters. The molecule has 2 aliphatic heterocycles. The second-order valence-electron chi connectivity index (χ2n) is 5.21. The maximum absolute atomic E-state index is 12.3. The van der Waals surface area contributed by atoms with Crippen molar-refractivity contribution in [1.29, 1.82) is 0 Å². The summed E-state index contributed by atoms with van der Waals surface area (Å²) >= 11 is 0. The van der Waals surface area contributed by atoms with Gasteiger partial charge >= 0.3 is 0 Å². The maximum Gasteiger partial charge on any atom is 0.255 e. The first kappa shape index (κ1) is 13.3. The lowest BCUT2D eigenvalue weighted by Crippen LogP contribution is -2.48. The van der Waals surface area contributed by atoms with E-state index in [9.17, 15) is 4.79 Å². The Morgan fingerprint density at radius 3 is 2.95 bits per heavy atom. The first-order valence-corrected chi connectivity index (χ1v) is 7.11. The first-order valence-electron chi connectivity index (χ1n) is 7.11. The molecular weight excluding hydrogens is 256 g/mol. The molecule has 1 aromatic rings. The van der Waals surface area contributed by atoms with Crippen molar-refractivity contribution < 1.29 is 9.53 Å². The molecular formula is C14H20N4O2. The van der Waals surface area contributed by atoms with E-state index in [-0.39, 0.29) is 5.91 Å². The van der Waals surface area contributed by atoms with Crippen LogP contribution in [0, 0.1) is 5.92 Å². The first-order chi connectivity index (χ1) is 9.84. The van der Waals surface area contributed by atoms with Gasteiger partial charge in [0.25, 0.3) is 5.91 Å². The van der Waals surface area contributed by atoms with Gasteiger partial charge in [-0.3, -0.25) is 4.79 Å². The van der Waals surface area contributed by atoms with Crippen LogP contribution in [0.5, 0.6) is 0 Å². The summed E-state index contributed by atoms with van der Waals surface area (Å²) in [4.78, 5) is 18.8. The van der Waals surface area contributed by atoms with E-state index in [1.54, 1.807) is 6.20 Å². The number of carbonyl (C=O) groups excluding carboxylic acids is 1. The van der Waals surface area contributed by atoms with Crippen molar-refractivity contribution in [3.8, 4) is 0 Å². The monoisotopic (exact) mass is 276 g/mol. The number of hydrogen-bond donors (Lipinski definition) is 2. The summed E-state index contributed by atoms with van der Waals surface area (Å²) in [5.41, 5.74) is 0.654. The highest BCUT2D eigenvalue weighted by Gasteiger charge is 2.22. The Balaban J connectivity index is 1.69. The van der Waals surface area contributed by atoms with Gasteiger partial charge in [0.05, 0.1) is 18.8 Å². The van der Waals surface area contributed by atoms with Crippen molar-refractivity contribution in [1.82, 2.24) is 15.6 Å². The van der Waals surface area contributed by atoms with Crippen molar-refractivity contribution in [3.05, 3.63) is 23.9 Å². The Kier molecular flexibility index (Phi) is 4.13. The number of anilines is 1. The summed E-state index contributed by atoms with van der Waals surface area (Å²) in [6.07, 6.45) is 1.73. The number of nitrogens with zero attached hydrogens (tertiary/aromatic N) is 2. The molecule has 0 spiro atoms. The van der Waals surface area contributed by atoms with Crippen LogP contribution in [-0.2, 0) is 4.74 Å². The van der Waals surface area contributed by atoms with E-state index in [1.165, 1.54) is 0 Å². The zero-order valence-corrected chi connectivity index (χ0v) is 11.5. The average Bonchev–Trinajstić information content (AvgIpc) is 2.46. The van der Waals surface area contributed by atoms with Crippen LogP contribution in [0.4, 0.5) is 5.82 Å². The molecule has 2 fully saturated rings. The third kappa shape index (κ3) is 2.91. The molecule has 1 amide bonds. The number of hydrogen-bond acceptors (Lipinski definition) is 5. The minimum absolute atomic E-state index is 0.0357. The SMILES string of the molecule is O=C(NCC1CNC1)c1cccnc1N1CCOCC1. The molecule has 20 heavy (non-hydrogen) atoms. The largest absolute Gasteiger partial charge is 0.378 e.